The molecule has 0 heterocycles. The van der Waals surface area contributed by atoms with Crippen molar-refractivity contribution in [3.05, 3.63) is 65.5 Å². The van der Waals surface area contributed by atoms with Crippen molar-refractivity contribution in [2.24, 2.45) is 0 Å². The molecule has 0 unspecified atom stereocenters. The maximum Gasteiger partial charge on any atom is 0.304 e. The van der Waals surface area contributed by atoms with E-state index in [2.05, 4.69) is 5.32 Å². The van der Waals surface area contributed by atoms with Gasteiger partial charge in [0.1, 0.15) is 18.4 Å². The van der Waals surface area contributed by atoms with Crippen LogP contribution in [0.1, 0.15) is 50.2 Å². The zero-order valence-corrected chi connectivity index (χ0v) is 22.8. The van der Waals surface area contributed by atoms with E-state index in [1.54, 1.807) is 6.92 Å². The number of para-hydroxylation sites is 1. The first kappa shape index (κ1) is 28.6. The summed E-state index contributed by atoms with van der Waals surface area (Å²) in [6.07, 6.45) is 5.03. The third-order valence-corrected chi connectivity index (χ3v) is 8.67. The van der Waals surface area contributed by atoms with Crippen molar-refractivity contribution in [1.29, 1.82) is 0 Å². The number of nitrogens with zero attached hydrogens (tertiary/aromatic N) is 3. The van der Waals surface area contributed by atoms with Gasteiger partial charge in [-0.1, -0.05) is 55.7 Å². The van der Waals surface area contributed by atoms with Gasteiger partial charge in [0, 0.05) is 26.7 Å². The van der Waals surface area contributed by atoms with Crippen molar-refractivity contribution in [3.8, 4) is 0 Å². The number of anilines is 1. The van der Waals surface area contributed by atoms with Gasteiger partial charge in [0.15, 0.2) is 0 Å². The number of halogens is 1. The van der Waals surface area contributed by atoms with Crippen molar-refractivity contribution in [2.45, 2.75) is 64.6 Å². The van der Waals surface area contributed by atoms with E-state index < -0.39 is 34.5 Å². The van der Waals surface area contributed by atoms with Gasteiger partial charge in [-0.15, -0.1) is 0 Å². The molecule has 1 fully saturated rings. The van der Waals surface area contributed by atoms with Crippen molar-refractivity contribution >= 4 is 27.7 Å². The van der Waals surface area contributed by atoms with Crippen LogP contribution in [0.3, 0.4) is 0 Å². The highest BCUT2D eigenvalue weighted by Crippen LogP contribution is 2.24. The highest BCUT2D eigenvalue weighted by Gasteiger charge is 2.34. The normalized spacial score (nSPS) is 15.3. The summed E-state index contributed by atoms with van der Waals surface area (Å²) >= 11 is 0. The fourth-order valence-electron chi connectivity index (χ4n) is 4.48. The molecule has 1 saturated carbocycles. The molecular weight excluding hydrogens is 495 g/mol. The summed E-state index contributed by atoms with van der Waals surface area (Å²) in [5.41, 5.74) is 1.54. The Labute approximate surface area is 219 Å². The van der Waals surface area contributed by atoms with Crippen LogP contribution in [0.5, 0.6) is 0 Å². The van der Waals surface area contributed by atoms with Crippen molar-refractivity contribution < 1.29 is 22.4 Å². The molecule has 8 nitrogen and oxygen atoms in total. The summed E-state index contributed by atoms with van der Waals surface area (Å²) < 4.78 is 42.7. The smallest absolute Gasteiger partial charge is 0.304 e. The molecule has 10 heteroatoms. The summed E-state index contributed by atoms with van der Waals surface area (Å²) in [4.78, 5) is 28.4. The van der Waals surface area contributed by atoms with Crippen LogP contribution in [-0.4, -0.2) is 62.2 Å². The second-order valence-electron chi connectivity index (χ2n) is 9.72. The van der Waals surface area contributed by atoms with Gasteiger partial charge in [-0.3, -0.25) is 9.59 Å². The van der Waals surface area contributed by atoms with Gasteiger partial charge in [0.2, 0.25) is 11.8 Å². The minimum Gasteiger partial charge on any atom is -0.352 e. The largest absolute Gasteiger partial charge is 0.352 e. The molecule has 202 valence electrons. The van der Waals surface area contributed by atoms with Gasteiger partial charge >= 0.3 is 10.2 Å². The van der Waals surface area contributed by atoms with Gasteiger partial charge in [-0.05, 0) is 49.9 Å². The maximum absolute atomic E-state index is 14.7. The molecule has 0 radical (unpaired) electrons. The van der Waals surface area contributed by atoms with Crippen molar-refractivity contribution in [1.82, 2.24) is 14.5 Å². The molecule has 0 bridgehead atoms. The number of carbonyl (C=O) groups excluding carboxylic acids is 2. The Hall–Kier alpha value is -2.98. The molecule has 3 rings (SSSR count). The SMILES string of the molecule is Cc1ccccc1CN(C(=O)CN(c1ccccc1F)S(=O)(=O)N(C)C)[C@@H](C)C(=O)NC1CCCCC1. The Morgan fingerprint density at radius 1 is 1.03 bits per heavy atom. The lowest BCUT2D eigenvalue weighted by Crippen LogP contribution is -2.54. The predicted octanol–water partition coefficient (Wildman–Crippen LogP) is 3.61. The van der Waals surface area contributed by atoms with Gasteiger partial charge in [-0.25, -0.2) is 8.70 Å². The minimum atomic E-state index is -4.21. The summed E-state index contributed by atoms with van der Waals surface area (Å²) in [6, 6.07) is 12.1. The van der Waals surface area contributed by atoms with E-state index in [1.165, 1.54) is 37.2 Å². The number of hydrogen-bond acceptors (Lipinski definition) is 4. The fraction of sp³-hybridized carbons (Fsp3) is 0.481. The number of benzene rings is 2. The first-order chi connectivity index (χ1) is 17.5. The van der Waals surface area contributed by atoms with Crippen molar-refractivity contribution in [3.63, 3.8) is 0 Å². The summed E-state index contributed by atoms with van der Waals surface area (Å²) in [7, 11) is -1.58. The zero-order chi connectivity index (χ0) is 27.2. The van der Waals surface area contributed by atoms with E-state index >= 15 is 0 Å². The van der Waals surface area contributed by atoms with Crippen LogP contribution < -0.4 is 9.62 Å². The molecule has 2 amide bonds. The van der Waals surface area contributed by atoms with E-state index in [4.69, 9.17) is 0 Å². The Kier molecular flexibility index (Phi) is 9.67. The summed E-state index contributed by atoms with van der Waals surface area (Å²) in [5, 5.41) is 3.06. The average molecular weight is 533 g/mol. The highest BCUT2D eigenvalue weighted by molar-refractivity contribution is 7.90. The molecule has 0 saturated heterocycles. The van der Waals surface area contributed by atoms with Crippen LogP contribution in [0, 0.1) is 12.7 Å². The number of hydrogen-bond donors (Lipinski definition) is 1. The molecule has 0 aliphatic heterocycles. The molecule has 1 aliphatic rings. The van der Waals surface area contributed by atoms with E-state index in [-0.39, 0.29) is 24.2 Å². The second kappa shape index (κ2) is 12.5. The lowest BCUT2D eigenvalue weighted by atomic mass is 9.95. The van der Waals surface area contributed by atoms with Crippen molar-refractivity contribution in [2.75, 3.05) is 24.9 Å². The van der Waals surface area contributed by atoms with E-state index in [0.717, 1.165) is 57.9 Å². The van der Waals surface area contributed by atoms with E-state index in [9.17, 15) is 22.4 Å². The maximum atomic E-state index is 14.7. The van der Waals surface area contributed by atoms with Gasteiger partial charge in [0.05, 0.1) is 5.69 Å². The summed E-state index contributed by atoms with van der Waals surface area (Å²) in [6.45, 7) is 3.00. The Balaban J connectivity index is 1.94. The lowest BCUT2D eigenvalue weighted by Gasteiger charge is -2.34. The van der Waals surface area contributed by atoms with Crippen LogP contribution in [0.25, 0.3) is 0 Å². The summed E-state index contributed by atoms with van der Waals surface area (Å²) in [5.74, 6) is -1.67. The van der Waals surface area contributed by atoms with Gasteiger partial charge < -0.3 is 10.2 Å². The van der Waals surface area contributed by atoms with Crippen LogP contribution >= 0.6 is 0 Å². The van der Waals surface area contributed by atoms with Crippen LogP contribution in [-0.2, 0) is 26.3 Å². The molecule has 1 N–H and O–H groups in total. The Morgan fingerprint density at radius 2 is 1.65 bits per heavy atom. The molecule has 2 aromatic rings. The molecule has 1 atom stereocenters. The molecule has 0 aromatic heterocycles. The zero-order valence-electron chi connectivity index (χ0n) is 22.0. The first-order valence-corrected chi connectivity index (χ1v) is 14.0. The number of nitrogens with one attached hydrogen (secondary N) is 1. The lowest BCUT2D eigenvalue weighted by molar-refractivity contribution is -0.139. The van der Waals surface area contributed by atoms with Crippen LogP contribution in [0.15, 0.2) is 48.5 Å². The molecule has 37 heavy (non-hydrogen) atoms. The number of aryl methyl sites for hydroxylation is 1. The van der Waals surface area contributed by atoms with Gasteiger partial charge in [0.25, 0.3) is 0 Å². The fourth-order valence-corrected chi connectivity index (χ4v) is 5.54. The van der Waals surface area contributed by atoms with Gasteiger partial charge in [-0.2, -0.15) is 12.7 Å². The monoisotopic (exact) mass is 532 g/mol. The average Bonchev–Trinajstić information content (AvgIpc) is 2.87. The Bertz CT molecular complexity index is 1200. The minimum absolute atomic E-state index is 0.0585. The third kappa shape index (κ3) is 7.07. The number of rotatable bonds is 10. The molecule has 0 spiro atoms. The van der Waals surface area contributed by atoms with Crippen LogP contribution in [0.2, 0.25) is 0 Å². The first-order valence-electron chi connectivity index (χ1n) is 12.6. The van der Waals surface area contributed by atoms with E-state index in [1.807, 2.05) is 31.2 Å². The third-order valence-electron chi connectivity index (χ3n) is 6.86. The molecule has 2 aromatic carbocycles. The molecular formula is C27H37FN4O4S. The highest BCUT2D eigenvalue weighted by atomic mass is 32.2. The number of carbonyl (C=O) groups is 2. The predicted molar refractivity (Wildman–Crippen MR) is 143 cm³/mol. The second-order valence-corrected chi connectivity index (χ2v) is 11.8. The van der Waals surface area contributed by atoms with Crippen LogP contribution in [0.4, 0.5) is 10.1 Å². The number of amides is 2. The standard InChI is InChI=1S/C27H37FN4O4S/c1-20-12-8-9-13-22(20)18-31(21(2)27(34)29-23-14-6-5-7-15-23)26(33)19-32(37(35,36)30(3)4)25-17-11-10-16-24(25)28/h8-13,16-17,21,23H,5-7,14-15,18-19H2,1-4H3,(H,29,34)/t21-/m0/s1. The Morgan fingerprint density at radius 3 is 2.27 bits per heavy atom. The molecule has 1 aliphatic carbocycles. The quantitative estimate of drug-likeness (QED) is 0.506. The topological polar surface area (TPSA) is 90.0 Å². The van der Waals surface area contributed by atoms with E-state index in [0.29, 0.717) is 0 Å².